The molecule has 2 rings (SSSR count). The number of carboxylic acid groups (broad SMARTS) is 1. The zero-order valence-corrected chi connectivity index (χ0v) is 11.0. The van der Waals surface area contributed by atoms with Gasteiger partial charge in [0.25, 0.3) is 0 Å². The number of rotatable bonds is 3. The van der Waals surface area contributed by atoms with Gasteiger partial charge in [0.15, 0.2) is 0 Å². The number of aliphatic carboxylic acids is 1. The van der Waals surface area contributed by atoms with Crippen LogP contribution in [0.3, 0.4) is 0 Å². The van der Waals surface area contributed by atoms with Crippen molar-refractivity contribution in [1.29, 1.82) is 0 Å². The van der Waals surface area contributed by atoms with Crippen LogP contribution in [0.5, 0.6) is 0 Å². The second-order valence-corrected chi connectivity index (χ2v) is 4.69. The minimum atomic E-state index is -1.13. The summed E-state index contributed by atoms with van der Waals surface area (Å²) in [7, 11) is 0. The van der Waals surface area contributed by atoms with Crippen molar-refractivity contribution in [2.24, 2.45) is 0 Å². The van der Waals surface area contributed by atoms with Crippen LogP contribution < -0.4 is 0 Å². The zero-order chi connectivity index (χ0) is 14.0. The summed E-state index contributed by atoms with van der Waals surface area (Å²) in [6.07, 6.45) is 1.92. The van der Waals surface area contributed by atoms with Gasteiger partial charge in [-0.3, -0.25) is 9.78 Å². The highest BCUT2D eigenvalue weighted by molar-refractivity contribution is 6.36. The molecule has 0 amide bonds. The first-order valence-electron chi connectivity index (χ1n) is 5.28. The minimum Gasteiger partial charge on any atom is -0.481 e. The normalized spacial score (nSPS) is 10.5. The summed E-state index contributed by atoms with van der Waals surface area (Å²) >= 11 is 11.8. The molecule has 1 N–H and O–H groups in total. The van der Waals surface area contributed by atoms with Gasteiger partial charge in [0.1, 0.15) is 5.82 Å². The fraction of sp³-hybridized carbons (Fsp3) is 0.0769. The molecule has 0 aliphatic rings. The van der Waals surface area contributed by atoms with Gasteiger partial charge in [-0.25, -0.2) is 4.39 Å². The van der Waals surface area contributed by atoms with Gasteiger partial charge in [-0.15, -0.1) is 0 Å². The Hall–Kier alpha value is -1.65. The van der Waals surface area contributed by atoms with E-state index in [1.165, 1.54) is 12.3 Å². The Labute approximate surface area is 118 Å². The maximum atomic E-state index is 13.7. The van der Waals surface area contributed by atoms with Crippen LogP contribution in [-0.4, -0.2) is 16.1 Å². The van der Waals surface area contributed by atoms with E-state index in [9.17, 15) is 9.18 Å². The molecule has 0 fully saturated rings. The van der Waals surface area contributed by atoms with Gasteiger partial charge in [-0.2, -0.15) is 0 Å². The van der Waals surface area contributed by atoms with Crippen molar-refractivity contribution in [3.8, 4) is 11.1 Å². The van der Waals surface area contributed by atoms with E-state index in [1.807, 2.05) is 0 Å². The Bertz CT molecular complexity index is 647. The number of hydrogen-bond donors (Lipinski definition) is 1. The van der Waals surface area contributed by atoms with Crippen LogP contribution in [0.25, 0.3) is 11.1 Å². The van der Waals surface area contributed by atoms with Gasteiger partial charge >= 0.3 is 5.97 Å². The van der Waals surface area contributed by atoms with Crippen LogP contribution in [0.1, 0.15) is 5.56 Å². The summed E-state index contributed by atoms with van der Waals surface area (Å²) in [6, 6.07) is 4.71. The fourth-order valence-electron chi connectivity index (χ4n) is 1.73. The molecule has 6 heteroatoms. The van der Waals surface area contributed by atoms with Crippen molar-refractivity contribution >= 4 is 29.2 Å². The Kier molecular flexibility index (Phi) is 4.02. The van der Waals surface area contributed by atoms with Crippen LogP contribution in [0.4, 0.5) is 4.39 Å². The maximum absolute atomic E-state index is 13.7. The van der Waals surface area contributed by atoms with Gasteiger partial charge in [0.2, 0.25) is 0 Å². The number of nitrogens with zero attached hydrogens (tertiary/aromatic N) is 1. The molecule has 0 aliphatic carbocycles. The fourth-order valence-corrected chi connectivity index (χ4v) is 2.24. The van der Waals surface area contributed by atoms with Gasteiger partial charge in [-0.1, -0.05) is 29.3 Å². The standard InChI is InChI=1S/C13H8Cl2FNO2/c14-7-1-2-8(11(15)3-7)10-5-17-6-12(16)9(10)4-13(18)19/h1-3,5-6H,4H2,(H,18,19). The smallest absolute Gasteiger partial charge is 0.307 e. The van der Waals surface area contributed by atoms with Crippen molar-refractivity contribution in [2.45, 2.75) is 6.42 Å². The SMILES string of the molecule is O=C(O)Cc1c(F)cncc1-c1ccc(Cl)cc1Cl. The second-order valence-electron chi connectivity index (χ2n) is 3.84. The highest BCUT2D eigenvalue weighted by Gasteiger charge is 2.16. The Morgan fingerprint density at radius 3 is 2.63 bits per heavy atom. The molecular weight excluding hydrogens is 292 g/mol. The molecular formula is C13H8Cl2FNO2. The molecule has 0 aliphatic heterocycles. The monoisotopic (exact) mass is 299 g/mol. The first-order chi connectivity index (χ1) is 8.99. The minimum absolute atomic E-state index is 0.0479. The molecule has 2 aromatic rings. The molecule has 0 atom stereocenters. The first-order valence-corrected chi connectivity index (χ1v) is 6.04. The summed E-state index contributed by atoms with van der Waals surface area (Å²) in [6.45, 7) is 0. The molecule has 0 saturated heterocycles. The number of carbonyl (C=O) groups is 1. The predicted molar refractivity (Wildman–Crippen MR) is 71.0 cm³/mol. The van der Waals surface area contributed by atoms with Crippen molar-refractivity contribution in [1.82, 2.24) is 4.98 Å². The lowest BCUT2D eigenvalue weighted by molar-refractivity contribution is -0.136. The van der Waals surface area contributed by atoms with E-state index in [2.05, 4.69) is 4.98 Å². The van der Waals surface area contributed by atoms with Crippen LogP contribution >= 0.6 is 23.2 Å². The van der Waals surface area contributed by atoms with Crippen LogP contribution in [0.15, 0.2) is 30.6 Å². The third-order valence-electron chi connectivity index (χ3n) is 2.55. The van der Waals surface area contributed by atoms with E-state index >= 15 is 0 Å². The summed E-state index contributed by atoms with van der Waals surface area (Å²) in [5.41, 5.74) is 0.894. The van der Waals surface area contributed by atoms with E-state index in [-0.39, 0.29) is 5.56 Å². The lowest BCUT2D eigenvalue weighted by atomic mass is 9.99. The lowest BCUT2D eigenvalue weighted by Gasteiger charge is -2.10. The Morgan fingerprint density at radius 1 is 1.26 bits per heavy atom. The quantitative estimate of drug-likeness (QED) is 0.937. The summed E-state index contributed by atoms with van der Waals surface area (Å²) in [5, 5.41) is 9.59. The number of pyridine rings is 1. The molecule has 1 aromatic heterocycles. The topological polar surface area (TPSA) is 50.2 Å². The molecule has 98 valence electrons. The summed E-state index contributed by atoms with van der Waals surface area (Å²) < 4.78 is 13.7. The number of hydrogen-bond acceptors (Lipinski definition) is 2. The number of aromatic nitrogens is 1. The van der Waals surface area contributed by atoms with Gasteiger partial charge < -0.3 is 5.11 Å². The van der Waals surface area contributed by atoms with Crippen LogP contribution in [0, 0.1) is 5.82 Å². The molecule has 1 heterocycles. The highest BCUT2D eigenvalue weighted by atomic mass is 35.5. The molecule has 0 saturated carbocycles. The zero-order valence-electron chi connectivity index (χ0n) is 9.53. The van der Waals surface area contributed by atoms with E-state index in [0.717, 1.165) is 6.20 Å². The van der Waals surface area contributed by atoms with Gasteiger partial charge in [-0.05, 0) is 12.1 Å². The number of benzene rings is 1. The molecule has 0 bridgehead atoms. The molecule has 19 heavy (non-hydrogen) atoms. The maximum Gasteiger partial charge on any atom is 0.307 e. The van der Waals surface area contributed by atoms with Gasteiger partial charge in [0.05, 0.1) is 12.6 Å². The predicted octanol–water partition coefficient (Wildman–Crippen LogP) is 3.82. The molecule has 0 unspecified atom stereocenters. The van der Waals surface area contributed by atoms with Crippen LogP contribution in [-0.2, 0) is 11.2 Å². The van der Waals surface area contributed by atoms with E-state index < -0.39 is 18.2 Å². The second kappa shape index (κ2) is 5.55. The summed E-state index contributed by atoms with van der Waals surface area (Å²) in [5.74, 6) is -1.80. The summed E-state index contributed by atoms with van der Waals surface area (Å²) in [4.78, 5) is 14.5. The van der Waals surface area contributed by atoms with Gasteiger partial charge in [0, 0.05) is 32.9 Å². The van der Waals surface area contributed by atoms with E-state index in [1.54, 1.807) is 12.1 Å². The molecule has 1 aromatic carbocycles. The molecule has 0 spiro atoms. The average Bonchev–Trinajstić information content (AvgIpc) is 2.32. The third kappa shape index (κ3) is 3.03. The number of carboxylic acids is 1. The van der Waals surface area contributed by atoms with Crippen molar-refractivity contribution in [3.63, 3.8) is 0 Å². The average molecular weight is 300 g/mol. The van der Waals surface area contributed by atoms with E-state index in [0.29, 0.717) is 21.2 Å². The van der Waals surface area contributed by atoms with E-state index in [4.69, 9.17) is 28.3 Å². The highest BCUT2D eigenvalue weighted by Crippen LogP contribution is 2.33. The first kappa shape index (κ1) is 13.8. The van der Waals surface area contributed by atoms with Crippen molar-refractivity contribution in [3.05, 3.63) is 52.0 Å². The molecule has 0 radical (unpaired) electrons. The Morgan fingerprint density at radius 2 is 2.00 bits per heavy atom. The number of halogens is 3. The Balaban J connectivity index is 2.61. The largest absolute Gasteiger partial charge is 0.481 e. The van der Waals surface area contributed by atoms with Crippen molar-refractivity contribution in [2.75, 3.05) is 0 Å². The molecule has 3 nitrogen and oxygen atoms in total. The third-order valence-corrected chi connectivity index (χ3v) is 3.10. The lowest BCUT2D eigenvalue weighted by Crippen LogP contribution is -2.05. The van der Waals surface area contributed by atoms with Crippen LogP contribution in [0.2, 0.25) is 10.0 Å². The van der Waals surface area contributed by atoms with Crippen molar-refractivity contribution < 1.29 is 14.3 Å².